The van der Waals surface area contributed by atoms with Crippen molar-refractivity contribution in [2.24, 2.45) is 9.98 Å². The molecule has 1 atom stereocenters. The summed E-state index contributed by atoms with van der Waals surface area (Å²) in [5.41, 5.74) is 0. The van der Waals surface area contributed by atoms with Crippen LogP contribution in [0.15, 0.2) is 9.98 Å². The van der Waals surface area contributed by atoms with Crippen molar-refractivity contribution in [2.75, 3.05) is 42.7 Å². The van der Waals surface area contributed by atoms with Crippen molar-refractivity contribution in [2.45, 2.75) is 6.29 Å². The van der Waals surface area contributed by atoms with E-state index in [2.05, 4.69) is 9.98 Å². The van der Waals surface area contributed by atoms with E-state index in [0.29, 0.717) is 6.41 Å². The summed E-state index contributed by atoms with van der Waals surface area (Å²) in [6.07, 6.45) is -0.644. The van der Waals surface area contributed by atoms with E-state index in [1.807, 2.05) is 0 Å². The maximum absolute atomic E-state index is 11.5. The van der Waals surface area contributed by atoms with Crippen LogP contribution in [-0.4, -0.2) is 87.9 Å². The van der Waals surface area contributed by atoms with Crippen LogP contribution in [0.5, 0.6) is 0 Å². The Labute approximate surface area is 132 Å². The number of hydrogen-bond donors (Lipinski definition) is 0. The summed E-state index contributed by atoms with van der Waals surface area (Å²) in [6.45, 7) is 0. The van der Waals surface area contributed by atoms with Crippen molar-refractivity contribution in [3.05, 3.63) is 0 Å². The van der Waals surface area contributed by atoms with Crippen molar-refractivity contribution in [3.63, 3.8) is 0 Å². The minimum absolute atomic E-state index is 0.0497. The zero-order valence-electron chi connectivity index (χ0n) is 13.7. The number of aliphatic imine (C=N–C) groups is 2. The summed E-state index contributed by atoms with van der Waals surface area (Å²) >= 11 is 0. The molecule has 1 unspecified atom stereocenters. The van der Waals surface area contributed by atoms with Crippen LogP contribution in [0.2, 0.25) is 0 Å². The highest BCUT2D eigenvalue weighted by Crippen LogP contribution is 2.17. The van der Waals surface area contributed by atoms with Gasteiger partial charge in [-0.3, -0.25) is 14.5 Å². The summed E-state index contributed by atoms with van der Waals surface area (Å²) < 4.78 is 0. The molecule has 1 rings (SSSR count). The number of amides is 1. The Morgan fingerprint density at radius 2 is 1.43 bits per heavy atom. The molecule has 13 heteroatoms. The van der Waals surface area contributed by atoms with Gasteiger partial charge in [-0.2, -0.15) is 4.99 Å². The fourth-order valence-electron chi connectivity index (χ4n) is 1.66. The SMILES string of the molecule is CON(OC)C1=NC(N(OC)OC)N(C=O)C(N(OC)OC)=N1. The van der Waals surface area contributed by atoms with E-state index in [4.69, 9.17) is 29.0 Å². The third-order valence-corrected chi connectivity index (χ3v) is 2.56. The molecule has 1 amide bonds. The smallest absolute Gasteiger partial charge is 0.278 e. The molecule has 1 heterocycles. The lowest BCUT2D eigenvalue weighted by Gasteiger charge is -2.36. The van der Waals surface area contributed by atoms with Gasteiger partial charge in [-0.1, -0.05) is 10.5 Å². The molecule has 0 fully saturated rings. The lowest BCUT2D eigenvalue weighted by molar-refractivity contribution is -0.379. The molecule has 0 aromatic carbocycles. The molecule has 1 aliphatic heterocycles. The van der Waals surface area contributed by atoms with Gasteiger partial charge >= 0.3 is 0 Å². The van der Waals surface area contributed by atoms with E-state index in [1.54, 1.807) is 0 Å². The summed E-state index contributed by atoms with van der Waals surface area (Å²) in [4.78, 5) is 50.7. The number of carbonyl (C=O) groups is 1. The number of hydrogen-bond acceptors (Lipinski definition) is 12. The van der Waals surface area contributed by atoms with E-state index >= 15 is 0 Å². The van der Waals surface area contributed by atoms with Gasteiger partial charge in [-0.25, -0.2) is 29.2 Å². The fourth-order valence-corrected chi connectivity index (χ4v) is 1.66. The van der Waals surface area contributed by atoms with Crippen molar-refractivity contribution >= 4 is 18.3 Å². The van der Waals surface area contributed by atoms with Crippen LogP contribution in [0.25, 0.3) is 0 Å². The van der Waals surface area contributed by atoms with E-state index in [-0.39, 0.29) is 11.9 Å². The summed E-state index contributed by atoms with van der Waals surface area (Å²) in [6, 6.07) is 0. The third-order valence-electron chi connectivity index (χ3n) is 2.56. The predicted molar refractivity (Wildman–Crippen MR) is 74.1 cm³/mol. The molecule has 0 aromatic heterocycles. The van der Waals surface area contributed by atoms with Crippen molar-refractivity contribution < 1.29 is 33.8 Å². The summed E-state index contributed by atoms with van der Waals surface area (Å²) in [5.74, 6) is -0.121. The minimum Gasteiger partial charge on any atom is -0.278 e. The molecule has 0 N–H and O–H groups in total. The topological polar surface area (TPSA) is 110 Å². The van der Waals surface area contributed by atoms with E-state index < -0.39 is 6.29 Å². The first-order valence-electron chi connectivity index (χ1n) is 6.16. The molecule has 0 spiro atoms. The highest BCUT2D eigenvalue weighted by Gasteiger charge is 2.37. The van der Waals surface area contributed by atoms with Crippen molar-refractivity contribution in [1.82, 2.24) is 20.6 Å². The van der Waals surface area contributed by atoms with Crippen molar-refractivity contribution in [3.8, 4) is 0 Å². The lowest BCUT2D eigenvalue weighted by Crippen LogP contribution is -2.56. The van der Waals surface area contributed by atoms with Crippen LogP contribution >= 0.6 is 0 Å². The second kappa shape index (κ2) is 9.31. The van der Waals surface area contributed by atoms with Crippen LogP contribution < -0.4 is 0 Å². The first-order valence-corrected chi connectivity index (χ1v) is 6.16. The van der Waals surface area contributed by atoms with E-state index in [9.17, 15) is 4.79 Å². The van der Waals surface area contributed by atoms with Crippen LogP contribution in [0.4, 0.5) is 0 Å². The summed E-state index contributed by atoms with van der Waals surface area (Å²) in [5, 5.41) is 2.72. The van der Waals surface area contributed by atoms with Crippen molar-refractivity contribution in [1.29, 1.82) is 0 Å². The Kier molecular flexibility index (Phi) is 7.76. The van der Waals surface area contributed by atoms with Gasteiger partial charge in [0.05, 0.1) is 42.7 Å². The van der Waals surface area contributed by atoms with Crippen LogP contribution in [0.1, 0.15) is 0 Å². The van der Waals surface area contributed by atoms with E-state index in [0.717, 1.165) is 20.6 Å². The molecule has 0 saturated heterocycles. The van der Waals surface area contributed by atoms with Crippen LogP contribution in [0, 0.1) is 0 Å². The van der Waals surface area contributed by atoms with Gasteiger partial charge in [0.2, 0.25) is 12.7 Å². The van der Waals surface area contributed by atoms with Gasteiger partial charge in [0.1, 0.15) is 0 Å². The maximum Gasteiger partial charge on any atom is 0.280 e. The van der Waals surface area contributed by atoms with Crippen LogP contribution in [-0.2, 0) is 33.8 Å². The second-order valence-corrected chi connectivity index (χ2v) is 3.60. The zero-order valence-corrected chi connectivity index (χ0v) is 13.7. The third kappa shape index (κ3) is 4.11. The van der Waals surface area contributed by atoms with Gasteiger partial charge in [0.25, 0.3) is 11.9 Å². The number of guanidine groups is 2. The highest BCUT2D eigenvalue weighted by molar-refractivity contribution is 5.99. The first-order chi connectivity index (χ1) is 11.1. The largest absolute Gasteiger partial charge is 0.280 e. The number of rotatable bonds is 8. The molecule has 23 heavy (non-hydrogen) atoms. The molecular formula is C10H20N6O7. The number of nitrogens with zero attached hydrogens (tertiary/aromatic N) is 6. The molecule has 0 aliphatic carbocycles. The monoisotopic (exact) mass is 336 g/mol. The Morgan fingerprint density at radius 3 is 1.83 bits per heavy atom. The van der Waals surface area contributed by atoms with Gasteiger partial charge in [-0.15, -0.1) is 0 Å². The molecule has 0 radical (unpaired) electrons. The normalized spacial score (nSPS) is 17.9. The Morgan fingerprint density at radius 1 is 0.913 bits per heavy atom. The number of hydroxylamine groups is 6. The Hall–Kier alpha value is -1.87. The zero-order chi connectivity index (χ0) is 17.4. The molecule has 132 valence electrons. The fraction of sp³-hybridized carbons (Fsp3) is 0.700. The predicted octanol–water partition coefficient (Wildman–Crippen LogP) is -1.27. The molecule has 1 aliphatic rings. The highest BCUT2D eigenvalue weighted by atomic mass is 17.0. The Balaban J connectivity index is 3.34. The van der Waals surface area contributed by atoms with Crippen LogP contribution in [0.3, 0.4) is 0 Å². The standard InChI is InChI=1S/C10H20N6O7/c1-18-14(19-2)8-11-9(15(20-3)21-4)13(7-17)10(12-8)16(22-5)23-6/h7,9H,1-6H3. The van der Waals surface area contributed by atoms with Gasteiger partial charge in [0.15, 0.2) is 0 Å². The molecular weight excluding hydrogens is 316 g/mol. The molecule has 0 bridgehead atoms. The lowest BCUT2D eigenvalue weighted by atomic mass is 10.6. The van der Waals surface area contributed by atoms with Gasteiger partial charge < -0.3 is 0 Å². The first kappa shape index (κ1) is 19.2. The quantitative estimate of drug-likeness (QED) is 0.393. The van der Waals surface area contributed by atoms with E-state index in [1.165, 1.54) is 42.7 Å². The average Bonchev–Trinajstić information content (AvgIpc) is 2.58. The van der Waals surface area contributed by atoms with Gasteiger partial charge in [-0.05, 0) is 5.23 Å². The minimum atomic E-state index is -1.09. The molecule has 0 saturated carbocycles. The molecule has 0 aromatic rings. The second-order valence-electron chi connectivity index (χ2n) is 3.60. The number of carbonyl (C=O) groups excluding carboxylic acids is 1. The molecule has 13 nitrogen and oxygen atoms in total. The maximum atomic E-state index is 11.5. The Bertz CT molecular complexity index is 435. The van der Waals surface area contributed by atoms with Gasteiger partial charge in [0, 0.05) is 0 Å². The average molecular weight is 336 g/mol. The summed E-state index contributed by atoms with van der Waals surface area (Å²) in [7, 11) is 8.01.